The highest BCUT2D eigenvalue weighted by Gasteiger charge is 2.18. The summed E-state index contributed by atoms with van der Waals surface area (Å²) in [6, 6.07) is 10.4. The molecular weight excluding hydrogens is 236 g/mol. The van der Waals surface area contributed by atoms with Crippen LogP contribution in [0, 0.1) is 5.92 Å². The highest BCUT2D eigenvalue weighted by Crippen LogP contribution is 2.13. The summed E-state index contributed by atoms with van der Waals surface area (Å²) in [6.45, 7) is 2.82. The van der Waals surface area contributed by atoms with Gasteiger partial charge in [0.1, 0.15) is 0 Å². The molecule has 1 fully saturated rings. The van der Waals surface area contributed by atoms with Gasteiger partial charge in [-0.25, -0.2) is 0 Å². The molecule has 1 amide bonds. The molecule has 1 saturated heterocycles. The summed E-state index contributed by atoms with van der Waals surface area (Å²) in [5.74, 6) is 0.462. The Labute approximate surface area is 115 Å². The molecule has 104 valence electrons. The van der Waals surface area contributed by atoms with Crippen molar-refractivity contribution in [2.75, 3.05) is 19.6 Å². The van der Waals surface area contributed by atoms with Crippen LogP contribution in [0.1, 0.15) is 31.2 Å². The molecular formula is C16H24N2O. The molecule has 0 aliphatic carbocycles. The van der Waals surface area contributed by atoms with Gasteiger partial charge in [-0.05, 0) is 50.8 Å². The number of carbonyl (C=O) groups is 1. The van der Waals surface area contributed by atoms with Crippen molar-refractivity contribution in [1.29, 1.82) is 0 Å². The lowest BCUT2D eigenvalue weighted by Gasteiger charge is -2.13. The van der Waals surface area contributed by atoms with Gasteiger partial charge in [0, 0.05) is 12.5 Å². The second-order valence-corrected chi connectivity index (χ2v) is 5.26. The van der Waals surface area contributed by atoms with Gasteiger partial charge in [-0.3, -0.25) is 4.79 Å². The molecule has 0 bridgehead atoms. The van der Waals surface area contributed by atoms with Crippen molar-refractivity contribution in [3.63, 3.8) is 0 Å². The van der Waals surface area contributed by atoms with Crippen LogP contribution in [0.4, 0.5) is 0 Å². The second kappa shape index (κ2) is 7.95. The molecule has 1 aliphatic rings. The van der Waals surface area contributed by atoms with Crippen LogP contribution < -0.4 is 10.6 Å². The second-order valence-electron chi connectivity index (χ2n) is 5.26. The number of rotatable bonds is 5. The van der Waals surface area contributed by atoms with E-state index in [0.29, 0.717) is 0 Å². The summed E-state index contributed by atoms with van der Waals surface area (Å²) >= 11 is 0. The Bertz CT molecular complexity index is 370. The minimum absolute atomic E-state index is 0.215. The van der Waals surface area contributed by atoms with Gasteiger partial charge in [-0.2, -0.15) is 0 Å². The van der Waals surface area contributed by atoms with E-state index in [0.717, 1.165) is 51.7 Å². The monoisotopic (exact) mass is 260 g/mol. The van der Waals surface area contributed by atoms with Gasteiger partial charge in [0.2, 0.25) is 5.91 Å². The van der Waals surface area contributed by atoms with Crippen molar-refractivity contribution in [3.05, 3.63) is 35.9 Å². The molecule has 0 saturated carbocycles. The van der Waals surface area contributed by atoms with Crippen LogP contribution in [-0.2, 0) is 11.2 Å². The molecule has 3 nitrogen and oxygen atoms in total. The van der Waals surface area contributed by atoms with Crippen LogP contribution in [-0.4, -0.2) is 25.5 Å². The first-order valence-electron chi connectivity index (χ1n) is 7.38. The Morgan fingerprint density at radius 1 is 1.21 bits per heavy atom. The molecule has 2 N–H and O–H groups in total. The van der Waals surface area contributed by atoms with Gasteiger partial charge < -0.3 is 10.6 Å². The lowest BCUT2D eigenvalue weighted by molar-refractivity contribution is -0.125. The van der Waals surface area contributed by atoms with E-state index in [1.807, 2.05) is 6.07 Å². The summed E-state index contributed by atoms with van der Waals surface area (Å²) in [5, 5.41) is 6.42. The quantitative estimate of drug-likeness (QED) is 0.796. The molecule has 1 aliphatic heterocycles. The largest absolute Gasteiger partial charge is 0.356 e. The van der Waals surface area contributed by atoms with E-state index in [-0.39, 0.29) is 11.8 Å². The third kappa shape index (κ3) is 5.03. The topological polar surface area (TPSA) is 41.1 Å². The summed E-state index contributed by atoms with van der Waals surface area (Å²) in [4.78, 5) is 12.0. The van der Waals surface area contributed by atoms with Crippen molar-refractivity contribution in [3.8, 4) is 0 Å². The van der Waals surface area contributed by atoms with Gasteiger partial charge >= 0.3 is 0 Å². The van der Waals surface area contributed by atoms with Gasteiger partial charge in [-0.1, -0.05) is 30.3 Å². The van der Waals surface area contributed by atoms with Crippen molar-refractivity contribution < 1.29 is 4.79 Å². The predicted octanol–water partition coefficient (Wildman–Crippen LogP) is 2.13. The summed E-state index contributed by atoms with van der Waals surface area (Å²) < 4.78 is 0. The molecule has 0 unspecified atom stereocenters. The average Bonchev–Trinajstić information content (AvgIpc) is 2.73. The zero-order chi connectivity index (χ0) is 13.3. The van der Waals surface area contributed by atoms with Crippen LogP contribution in [0.2, 0.25) is 0 Å². The lowest BCUT2D eigenvalue weighted by Crippen LogP contribution is -2.32. The molecule has 2 rings (SSSR count). The van der Waals surface area contributed by atoms with Crippen LogP contribution in [0.3, 0.4) is 0 Å². The molecule has 3 heteroatoms. The van der Waals surface area contributed by atoms with Gasteiger partial charge in [0.05, 0.1) is 0 Å². The molecule has 1 heterocycles. The van der Waals surface area contributed by atoms with Crippen molar-refractivity contribution in [2.45, 2.75) is 32.1 Å². The molecule has 0 radical (unpaired) electrons. The Kier molecular flexibility index (Phi) is 5.89. The van der Waals surface area contributed by atoms with Gasteiger partial charge in [0.15, 0.2) is 0 Å². The highest BCUT2D eigenvalue weighted by molar-refractivity contribution is 5.78. The maximum atomic E-state index is 12.0. The first kappa shape index (κ1) is 14.1. The fraction of sp³-hybridized carbons (Fsp3) is 0.562. The van der Waals surface area contributed by atoms with Crippen molar-refractivity contribution >= 4 is 5.91 Å². The van der Waals surface area contributed by atoms with E-state index in [9.17, 15) is 4.79 Å². The van der Waals surface area contributed by atoms with Crippen LogP contribution in [0.25, 0.3) is 0 Å². The number of carbonyl (C=O) groups excluding carboxylic acids is 1. The van der Waals surface area contributed by atoms with E-state index in [4.69, 9.17) is 0 Å². The highest BCUT2D eigenvalue weighted by atomic mass is 16.1. The predicted molar refractivity (Wildman–Crippen MR) is 78.0 cm³/mol. The maximum absolute atomic E-state index is 12.0. The standard InChI is InChI=1S/C16H24N2O/c19-16(15-9-5-11-17-13-10-15)18-12-4-8-14-6-2-1-3-7-14/h1-3,6-7,15,17H,4-5,8-13H2,(H,18,19)/t15-/m0/s1. The van der Waals surface area contributed by atoms with Crippen LogP contribution in [0.5, 0.6) is 0 Å². The Morgan fingerprint density at radius 3 is 2.89 bits per heavy atom. The Morgan fingerprint density at radius 2 is 2.05 bits per heavy atom. The Hall–Kier alpha value is -1.35. The van der Waals surface area contributed by atoms with Crippen molar-refractivity contribution in [2.24, 2.45) is 5.92 Å². The molecule has 1 atom stereocenters. The summed E-state index contributed by atoms with van der Waals surface area (Å²) in [7, 11) is 0. The summed E-state index contributed by atoms with van der Waals surface area (Å²) in [6.07, 6.45) is 5.16. The molecule has 0 aromatic heterocycles. The summed E-state index contributed by atoms with van der Waals surface area (Å²) in [5.41, 5.74) is 1.34. The lowest BCUT2D eigenvalue weighted by atomic mass is 10.00. The zero-order valence-electron chi connectivity index (χ0n) is 11.5. The minimum Gasteiger partial charge on any atom is -0.356 e. The number of amides is 1. The third-order valence-electron chi connectivity index (χ3n) is 3.73. The molecule has 19 heavy (non-hydrogen) atoms. The van der Waals surface area contributed by atoms with Gasteiger partial charge in [-0.15, -0.1) is 0 Å². The van der Waals surface area contributed by atoms with Crippen molar-refractivity contribution in [1.82, 2.24) is 10.6 Å². The number of aryl methyl sites for hydroxylation is 1. The maximum Gasteiger partial charge on any atom is 0.223 e. The number of hydrogen-bond donors (Lipinski definition) is 2. The first-order chi connectivity index (χ1) is 9.36. The Balaban J connectivity index is 1.63. The van der Waals surface area contributed by atoms with E-state index in [2.05, 4.69) is 34.9 Å². The van der Waals surface area contributed by atoms with E-state index in [1.165, 1.54) is 5.56 Å². The smallest absolute Gasteiger partial charge is 0.223 e. The molecule has 0 spiro atoms. The fourth-order valence-electron chi connectivity index (χ4n) is 2.57. The number of hydrogen-bond acceptors (Lipinski definition) is 2. The third-order valence-corrected chi connectivity index (χ3v) is 3.73. The van der Waals surface area contributed by atoms with E-state index < -0.39 is 0 Å². The normalized spacial score (nSPS) is 19.7. The molecule has 1 aromatic rings. The molecule has 1 aromatic carbocycles. The van der Waals surface area contributed by atoms with Crippen LogP contribution >= 0.6 is 0 Å². The number of benzene rings is 1. The average molecular weight is 260 g/mol. The number of nitrogens with one attached hydrogen (secondary N) is 2. The van der Waals surface area contributed by atoms with Gasteiger partial charge in [0.25, 0.3) is 0 Å². The minimum atomic E-state index is 0.215. The first-order valence-corrected chi connectivity index (χ1v) is 7.38. The zero-order valence-corrected chi connectivity index (χ0v) is 11.5. The van der Waals surface area contributed by atoms with Crippen LogP contribution in [0.15, 0.2) is 30.3 Å². The van der Waals surface area contributed by atoms with E-state index in [1.54, 1.807) is 0 Å². The fourth-order valence-corrected chi connectivity index (χ4v) is 2.57. The van der Waals surface area contributed by atoms with E-state index >= 15 is 0 Å². The SMILES string of the molecule is O=C(NCCCc1ccccc1)[C@H]1CCCNCC1.